The zero-order valence-corrected chi connectivity index (χ0v) is 8.35. The van der Waals surface area contributed by atoms with Crippen molar-refractivity contribution in [1.82, 2.24) is 0 Å². The lowest BCUT2D eigenvalue weighted by Crippen LogP contribution is -2.39. The highest BCUT2D eigenvalue weighted by atomic mass is 16.3. The number of rotatable bonds is 1. The van der Waals surface area contributed by atoms with Gasteiger partial charge < -0.3 is 5.11 Å². The standard InChI is InChI=1S/C14H12O/c15-14(12-7-2-1-3-8-12)10-11-6-4-5-9-13(11)14/h1-9,15H,10H2/t14-/m0/s1. The minimum Gasteiger partial charge on any atom is -0.380 e. The molecule has 1 aliphatic carbocycles. The maximum atomic E-state index is 10.5. The quantitative estimate of drug-likeness (QED) is 0.743. The van der Waals surface area contributed by atoms with Crippen LogP contribution in [0.4, 0.5) is 0 Å². The Labute approximate surface area is 89.0 Å². The van der Waals surface area contributed by atoms with Gasteiger partial charge in [-0.3, -0.25) is 0 Å². The molecule has 0 fully saturated rings. The number of hydrogen-bond acceptors (Lipinski definition) is 1. The van der Waals surface area contributed by atoms with Crippen LogP contribution in [-0.4, -0.2) is 5.11 Å². The van der Waals surface area contributed by atoms with Crippen LogP contribution in [0.2, 0.25) is 0 Å². The summed E-state index contributed by atoms with van der Waals surface area (Å²) < 4.78 is 0. The lowest BCUT2D eigenvalue weighted by molar-refractivity contribution is 0.0563. The molecule has 2 aromatic carbocycles. The van der Waals surface area contributed by atoms with Gasteiger partial charge >= 0.3 is 0 Å². The van der Waals surface area contributed by atoms with E-state index < -0.39 is 5.60 Å². The van der Waals surface area contributed by atoms with Gasteiger partial charge in [-0.15, -0.1) is 0 Å². The minimum atomic E-state index is -0.752. The summed E-state index contributed by atoms with van der Waals surface area (Å²) in [7, 11) is 0. The molecule has 0 heterocycles. The number of aliphatic hydroxyl groups is 1. The van der Waals surface area contributed by atoms with Gasteiger partial charge in [0.2, 0.25) is 0 Å². The fourth-order valence-electron chi connectivity index (χ4n) is 2.31. The van der Waals surface area contributed by atoms with E-state index in [0.29, 0.717) is 0 Å². The second kappa shape index (κ2) is 2.94. The second-order valence-corrected chi connectivity index (χ2v) is 4.06. The summed E-state index contributed by atoms with van der Waals surface area (Å²) >= 11 is 0. The average molecular weight is 196 g/mol. The summed E-state index contributed by atoms with van der Waals surface area (Å²) in [5, 5.41) is 10.5. The van der Waals surface area contributed by atoms with Crippen LogP contribution < -0.4 is 0 Å². The van der Waals surface area contributed by atoms with Crippen molar-refractivity contribution >= 4 is 0 Å². The van der Waals surface area contributed by atoms with Crippen LogP contribution in [0.3, 0.4) is 0 Å². The number of hydrogen-bond donors (Lipinski definition) is 1. The Hall–Kier alpha value is -1.60. The van der Waals surface area contributed by atoms with Crippen LogP contribution >= 0.6 is 0 Å². The summed E-state index contributed by atoms with van der Waals surface area (Å²) in [5.74, 6) is 0. The topological polar surface area (TPSA) is 20.2 Å². The van der Waals surface area contributed by atoms with Crippen molar-refractivity contribution in [3.63, 3.8) is 0 Å². The van der Waals surface area contributed by atoms with Crippen molar-refractivity contribution in [1.29, 1.82) is 0 Å². The first kappa shape index (κ1) is 8.69. The summed E-state index contributed by atoms with van der Waals surface area (Å²) in [5.41, 5.74) is 2.54. The lowest BCUT2D eigenvalue weighted by atomic mass is 9.70. The minimum absolute atomic E-state index is 0.729. The predicted molar refractivity (Wildman–Crippen MR) is 59.6 cm³/mol. The third-order valence-corrected chi connectivity index (χ3v) is 3.16. The van der Waals surface area contributed by atoms with Crippen molar-refractivity contribution in [3.05, 3.63) is 71.3 Å². The van der Waals surface area contributed by atoms with Crippen LogP contribution in [-0.2, 0) is 12.0 Å². The molecule has 1 nitrogen and oxygen atoms in total. The zero-order chi connectivity index (χ0) is 10.3. The van der Waals surface area contributed by atoms with Crippen LogP contribution in [0.5, 0.6) is 0 Å². The molecule has 2 aromatic rings. The van der Waals surface area contributed by atoms with Gasteiger partial charge in [-0.25, -0.2) is 0 Å². The van der Waals surface area contributed by atoms with Crippen molar-refractivity contribution in [2.24, 2.45) is 0 Å². The molecule has 0 spiro atoms. The first-order valence-electron chi connectivity index (χ1n) is 5.17. The number of fused-ring (bicyclic) bond motifs is 1. The largest absolute Gasteiger partial charge is 0.380 e. The third kappa shape index (κ3) is 1.13. The van der Waals surface area contributed by atoms with E-state index in [2.05, 4.69) is 6.07 Å². The van der Waals surface area contributed by atoms with Crippen LogP contribution in [0.25, 0.3) is 0 Å². The summed E-state index contributed by atoms with van der Waals surface area (Å²) in [6.07, 6.45) is 0.729. The monoisotopic (exact) mass is 196 g/mol. The Morgan fingerprint density at radius 2 is 1.53 bits per heavy atom. The van der Waals surface area contributed by atoms with Gasteiger partial charge in [0.1, 0.15) is 5.60 Å². The molecular formula is C14H12O. The molecule has 0 bridgehead atoms. The molecule has 15 heavy (non-hydrogen) atoms. The van der Waals surface area contributed by atoms with Gasteiger partial charge in [-0.2, -0.15) is 0 Å². The highest BCUT2D eigenvalue weighted by Gasteiger charge is 2.41. The van der Waals surface area contributed by atoms with E-state index in [0.717, 1.165) is 17.5 Å². The Kier molecular flexibility index (Phi) is 1.70. The maximum Gasteiger partial charge on any atom is 0.119 e. The Morgan fingerprint density at radius 1 is 0.867 bits per heavy atom. The van der Waals surface area contributed by atoms with E-state index in [4.69, 9.17) is 0 Å². The van der Waals surface area contributed by atoms with Crippen molar-refractivity contribution < 1.29 is 5.11 Å². The SMILES string of the molecule is O[C@]1(c2ccccc2)Cc2ccccc21. The normalized spacial score (nSPS) is 23.0. The molecule has 74 valence electrons. The summed E-state index contributed by atoms with van der Waals surface area (Å²) in [6.45, 7) is 0. The molecule has 1 aliphatic rings. The van der Waals surface area contributed by atoms with Gasteiger partial charge in [-0.1, -0.05) is 54.6 Å². The van der Waals surface area contributed by atoms with Crippen molar-refractivity contribution in [3.8, 4) is 0 Å². The van der Waals surface area contributed by atoms with Gasteiger partial charge in [-0.05, 0) is 16.7 Å². The predicted octanol–water partition coefficient (Wildman–Crippen LogP) is 2.48. The van der Waals surface area contributed by atoms with E-state index in [9.17, 15) is 5.11 Å². The summed E-state index contributed by atoms with van der Waals surface area (Å²) in [6, 6.07) is 17.9. The summed E-state index contributed by atoms with van der Waals surface area (Å²) in [4.78, 5) is 0. The van der Waals surface area contributed by atoms with E-state index in [1.165, 1.54) is 5.56 Å². The molecule has 0 radical (unpaired) electrons. The van der Waals surface area contributed by atoms with Gasteiger partial charge in [0.15, 0.2) is 0 Å². The molecule has 0 saturated carbocycles. The molecule has 0 amide bonds. The maximum absolute atomic E-state index is 10.5. The Bertz CT molecular complexity index is 490. The molecule has 3 rings (SSSR count). The van der Waals surface area contributed by atoms with Crippen molar-refractivity contribution in [2.75, 3.05) is 0 Å². The van der Waals surface area contributed by atoms with Crippen LogP contribution in [0.1, 0.15) is 16.7 Å². The molecule has 0 saturated heterocycles. The molecule has 1 atom stereocenters. The van der Waals surface area contributed by atoms with Gasteiger partial charge in [0.05, 0.1) is 0 Å². The fourth-order valence-corrected chi connectivity index (χ4v) is 2.31. The van der Waals surface area contributed by atoms with E-state index in [1.807, 2.05) is 48.5 Å². The molecule has 0 aliphatic heterocycles. The molecule has 1 heteroatoms. The second-order valence-electron chi connectivity index (χ2n) is 4.06. The Morgan fingerprint density at radius 3 is 2.27 bits per heavy atom. The Balaban J connectivity index is 2.10. The van der Waals surface area contributed by atoms with E-state index >= 15 is 0 Å². The lowest BCUT2D eigenvalue weighted by Gasteiger charge is -2.39. The van der Waals surface area contributed by atoms with E-state index in [-0.39, 0.29) is 0 Å². The zero-order valence-electron chi connectivity index (χ0n) is 8.35. The molecule has 1 N–H and O–H groups in total. The van der Waals surface area contributed by atoms with Gasteiger partial charge in [0.25, 0.3) is 0 Å². The fraction of sp³-hybridized carbons (Fsp3) is 0.143. The third-order valence-electron chi connectivity index (χ3n) is 3.16. The highest BCUT2D eigenvalue weighted by molar-refractivity contribution is 5.50. The number of benzene rings is 2. The van der Waals surface area contributed by atoms with Gasteiger partial charge in [0, 0.05) is 6.42 Å². The molecule has 0 unspecified atom stereocenters. The molecule has 0 aromatic heterocycles. The van der Waals surface area contributed by atoms with Crippen LogP contribution in [0, 0.1) is 0 Å². The average Bonchev–Trinajstić information content (AvgIpc) is 2.29. The van der Waals surface area contributed by atoms with Crippen LogP contribution in [0.15, 0.2) is 54.6 Å². The highest BCUT2D eigenvalue weighted by Crippen LogP contribution is 2.43. The smallest absolute Gasteiger partial charge is 0.119 e. The first-order chi connectivity index (χ1) is 7.31. The molecular weight excluding hydrogens is 184 g/mol. The van der Waals surface area contributed by atoms with E-state index in [1.54, 1.807) is 0 Å². The van der Waals surface area contributed by atoms with Crippen molar-refractivity contribution in [2.45, 2.75) is 12.0 Å². The first-order valence-corrected chi connectivity index (χ1v) is 5.17.